The zero-order valence-electron chi connectivity index (χ0n) is 13.7. The second-order valence-electron chi connectivity index (χ2n) is 5.77. The molecule has 1 fully saturated rings. The summed E-state index contributed by atoms with van der Waals surface area (Å²) < 4.78 is 15.3. The molecule has 0 aromatic heterocycles. The van der Waals surface area contributed by atoms with E-state index in [9.17, 15) is 20.4 Å². The van der Waals surface area contributed by atoms with Gasteiger partial charge in [-0.05, 0) is 12.8 Å². The third-order valence-corrected chi connectivity index (χ3v) is 3.86. The molecule has 8 nitrogen and oxygen atoms in total. The van der Waals surface area contributed by atoms with Gasteiger partial charge in [0.05, 0.1) is 13.2 Å². The molecule has 5 atom stereocenters. The molecule has 1 heterocycles. The van der Waals surface area contributed by atoms with Gasteiger partial charge >= 0.3 is 5.97 Å². The number of ether oxygens (including phenoxy) is 3. The topological polar surface area (TPSA) is 129 Å². The predicted molar refractivity (Wildman–Crippen MR) is 83.6 cm³/mol. The third-order valence-electron chi connectivity index (χ3n) is 3.86. The fourth-order valence-corrected chi connectivity index (χ4v) is 2.43. The van der Waals surface area contributed by atoms with E-state index in [4.69, 9.17) is 25.7 Å². The lowest BCUT2D eigenvalue weighted by atomic mass is 9.98. The lowest BCUT2D eigenvalue weighted by Gasteiger charge is -2.44. The first-order chi connectivity index (χ1) is 11.5. The minimum absolute atomic E-state index is 0.0993. The molecule has 140 valence electrons. The smallest absolute Gasteiger partial charge is 0.311 e. The maximum absolute atomic E-state index is 10.1. The van der Waals surface area contributed by atoms with Crippen molar-refractivity contribution in [3.63, 3.8) is 0 Å². The van der Waals surface area contributed by atoms with Gasteiger partial charge < -0.3 is 39.7 Å². The highest BCUT2D eigenvalue weighted by molar-refractivity contribution is 4.92. The molecule has 0 aromatic rings. The molecule has 0 saturated carbocycles. The van der Waals surface area contributed by atoms with Crippen LogP contribution in [-0.4, -0.2) is 82.3 Å². The van der Waals surface area contributed by atoms with E-state index in [0.29, 0.717) is 19.6 Å². The molecule has 0 bridgehead atoms. The molecule has 1 saturated heterocycles. The molecule has 0 aliphatic carbocycles. The van der Waals surface area contributed by atoms with Crippen LogP contribution in [0.25, 0.3) is 0 Å². The average Bonchev–Trinajstić information content (AvgIpc) is 2.58. The van der Waals surface area contributed by atoms with Gasteiger partial charge in [0.25, 0.3) is 0 Å². The highest BCUT2D eigenvalue weighted by Crippen LogP contribution is 2.29. The van der Waals surface area contributed by atoms with Crippen LogP contribution in [0, 0.1) is 12.3 Å². The monoisotopic (exact) mass is 348 g/mol. The maximum atomic E-state index is 10.1. The van der Waals surface area contributed by atoms with Gasteiger partial charge in [0, 0.05) is 6.61 Å². The van der Waals surface area contributed by atoms with Crippen molar-refractivity contribution in [2.45, 2.75) is 62.5 Å². The van der Waals surface area contributed by atoms with Crippen molar-refractivity contribution < 1.29 is 39.7 Å². The molecule has 0 amide bonds. The summed E-state index contributed by atoms with van der Waals surface area (Å²) in [4.78, 5) is 0. The molecule has 1 rings (SSSR count). The number of unbranched alkanes of at least 4 members (excludes halogenated alkanes) is 4. The first kappa shape index (κ1) is 21.3. The number of aliphatic hydroxyl groups excluding tert-OH is 4. The standard InChI is InChI=1S/C16H28O8/c1-2-8-22-9-6-4-3-5-7-10-23-16(21)15(20)14(19)13(18)12(11-17)24-16/h1,12-15,17-21H,3-11H2/t12-,13-,14+,15-,16-/m1/s1. The Balaban J connectivity index is 2.20. The normalized spacial score (nSPS) is 33.3. The second-order valence-corrected chi connectivity index (χ2v) is 5.77. The van der Waals surface area contributed by atoms with Gasteiger partial charge in [-0.15, -0.1) is 6.42 Å². The molecule has 0 unspecified atom stereocenters. The van der Waals surface area contributed by atoms with Crippen LogP contribution in [0.3, 0.4) is 0 Å². The molecule has 1 aliphatic heterocycles. The molecule has 0 spiro atoms. The van der Waals surface area contributed by atoms with Gasteiger partial charge in [-0.3, -0.25) is 0 Å². The highest BCUT2D eigenvalue weighted by atomic mass is 16.8. The average molecular weight is 348 g/mol. The van der Waals surface area contributed by atoms with Gasteiger partial charge in [-0.1, -0.05) is 25.2 Å². The predicted octanol–water partition coefficient (Wildman–Crippen LogP) is -1.28. The van der Waals surface area contributed by atoms with Crippen LogP contribution < -0.4 is 0 Å². The fourth-order valence-electron chi connectivity index (χ4n) is 2.43. The fraction of sp³-hybridized carbons (Fsp3) is 0.875. The number of aliphatic hydroxyl groups is 5. The molecular weight excluding hydrogens is 320 g/mol. The summed E-state index contributed by atoms with van der Waals surface area (Å²) in [6.07, 6.45) is 3.10. The Morgan fingerprint density at radius 1 is 1.00 bits per heavy atom. The first-order valence-corrected chi connectivity index (χ1v) is 8.16. The Morgan fingerprint density at radius 2 is 1.62 bits per heavy atom. The Kier molecular flexibility index (Phi) is 9.73. The molecular formula is C16H28O8. The van der Waals surface area contributed by atoms with E-state index in [2.05, 4.69) is 5.92 Å². The van der Waals surface area contributed by atoms with Crippen LogP contribution in [0.2, 0.25) is 0 Å². The van der Waals surface area contributed by atoms with Crippen LogP contribution in [0.5, 0.6) is 0 Å². The van der Waals surface area contributed by atoms with E-state index in [1.54, 1.807) is 0 Å². The summed E-state index contributed by atoms with van der Waals surface area (Å²) in [5.41, 5.74) is 0. The van der Waals surface area contributed by atoms with Crippen molar-refractivity contribution in [2.24, 2.45) is 0 Å². The number of terminal acetylenes is 1. The van der Waals surface area contributed by atoms with Crippen LogP contribution in [0.15, 0.2) is 0 Å². The Bertz CT molecular complexity index is 383. The summed E-state index contributed by atoms with van der Waals surface area (Å²) in [6, 6.07) is 0. The largest absolute Gasteiger partial charge is 0.394 e. The number of rotatable bonds is 11. The number of hydrogen-bond donors (Lipinski definition) is 5. The summed E-state index contributed by atoms with van der Waals surface area (Å²) in [6.45, 7) is 0.424. The van der Waals surface area contributed by atoms with E-state index in [0.717, 1.165) is 25.7 Å². The van der Waals surface area contributed by atoms with Gasteiger partial charge in [0.1, 0.15) is 24.9 Å². The molecule has 1 aliphatic rings. The Labute approximate surface area is 142 Å². The minimum atomic E-state index is -2.45. The number of hydrogen-bond acceptors (Lipinski definition) is 8. The summed E-state index contributed by atoms with van der Waals surface area (Å²) >= 11 is 0. The Hall–Kier alpha value is -0.760. The van der Waals surface area contributed by atoms with Crippen molar-refractivity contribution in [3.8, 4) is 12.3 Å². The Morgan fingerprint density at radius 3 is 2.25 bits per heavy atom. The summed E-state index contributed by atoms with van der Waals surface area (Å²) in [7, 11) is 0. The molecule has 24 heavy (non-hydrogen) atoms. The van der Waals surface area contributed by atoms with E-state index >= 15 is 0 Å². The van der Waals surface area contributed by atoms with Crippen LogP contribution in [0.1, 0.15) is 32.1 Å². The zero-order valence-corrected chi connectivity index (χ0v) is 13.7. The van der Waals surface area contributed by atoms with Gasteiger partial charge in [0.2, 0.25) is 0 Å². The minimum Gasteiger partial charge on any atom is -0.394 e. The third kappa shape index (κ3) is 6.27. The second kappa shape index (κ2) is 11.0. The lowest BCUT2D eigenvalue weighted by molar-refractivity contribution is -0.448. The van der Waals surface area contributed by atoms with Gasteiger partial charge in [0.15, 0.2) is 6.10 Å². The first-order valence-electron chi connectivity index (χ1n) is 8.16. The van der Waals surface area contributed by atoms with E-state index in [-0.39, 0.29) is 6.61 Å². The van der Waals surface area contributed by atoms with Crippen molar-refractivity contribution in [1.82, 2.24) is 0 Å². The van der Waals surface area contributed by atoms with Gasteiger partial charge in [-0.25, -0.2) is 0 Å². The van der Waals surface area contributed by atoms with Crippen molar-refractivity contribution in [3.05, 3.63) is 0 Å². The van der Waals surface area contributed by atoms with Crippen LogP contribution >= 0.6 is 0 Å². The van der Waals surface area contributed by atoms with E-state index < -0.39 is 37.0 Å². The van der Waals surface area contributed by atoms with Crippen molar-refractivity contribution >= 4 is 0 Å². The summed E-state index contributed by atoms with van der Waals surface area (Å²) in [5.74, 6) is -0.0553. The molecule has 0 radical (unpaired) electrons. The van der Waals surface area contributed by atoms with Crippen molar-refractivity contribution in [2.75, 3.05) is 26.4 Å². The van der Waals surface area contributed by atoms with E-state index in [1.807, 2.05) is 0 Å². The molecule has 5 N–H and O–H groups in total. The SMILES string of the molecule is C#CCOCCCCCCCO[C@@]1(O)O[C@H](CO)[C@@H](O)[C@H](O)[C@H]1O. The maximum Gasteiger partial charge on any atom is 0.311 e. The molecule has 0 aromatic carbocycles. The zero-order chi connectivity index (χ0) is 18.0. The molecule has 8 heteroatoms. The quantitative estimate of drug-likeness (QED) is 0.177. The van der Waals surface area contributed by atoms with Gasteiger partial charge in [-0.2, -0.15) is 0 Å². The van der Waals surface area contributed by atoms with E-state index in [1.165, 1.54) is 0 Å². The lowest BCUT2D eigenvalue weighted by Crippen LogP contribution is -2.66. The summed E-state index contributed by atoms with van der Waals surface area (Å²) in [5, 5.41) is 48.3. The highest BCUT2D eigenvalue weighted by Gasteiger charge is 2.53. The van der Waals surface area contributed by atoms with Crippen molar-refractivity contribution in [1.29, 1.82) is 0 Å². The van der Waals surface area contributed by atoms with Crippen LogP contribution in [-0.2, 0) is 14.2 Å². The van der Waals surface area contributed by atoms with Crippen LogP contribution in [0.4, 0.5) is 0 Å².